The molecule has 1 unspecified atom stereocenters. The third-order valence-corrected chi connectivity index (χ3v) is 3.78. The summed E-state index contributed by atoms with van der Waals surface area (Å²) < 4.78 is 0. The van der Waals surface area contributed by atoms with Gasteiger partial charge >= 0.3 is 0 Å². The summed E-state index contributed by atoms with van der Waals surface area (Å²) in [5.74, 6) is 0.280. The van der Waals surface area contributed by atoms with Gasteiger partial charge in [-0.1, -0.05) is 19.1 Å². The van der Waals surface area contributed by atoms with Gasteiger partial charge in [0, 0.05) is 38.3 Å². The minimum absolute atomic E-state index is 0.0823. The summed E-state index contributed by atoms with van der Waals surface area (Å²) in [5, 5.41) is 2.01. The number of carbonyl (C=O) groups excluding carboxylic acids is 1. The Morgan fingerprint density at radius 2 is 1.85 bits per heavy atom. The summed E-state index contributed by atoms with van der Waals surface area (Å²) in [7, 11) is 2.10. The Kier molecular flexibility index (Phi) is 4.98. The standard InChI is InChI=1S/C15H24N4O/c1-12(13-3-5-14(16)6-4-13)11-15(20)17-19-9-7-18(2)8-10-19/h3-6,12H,7-11,16H2,1-2H3,(H,17,20). The quantitative estimate of drug-likeness (QED) is 0.807. The topological polar surface area (TPSA) is 61.6 Å². The zero-order valence-electron chi connectivity index (χ0n) is 12.3. The first-order valence-electron chi connectivity index (χ1n) is 7.13. The van der Waals surface area contributed by atoms with E-state index < -0.39 is 0 Å². The summed E-state index contributed by atoms with van der Waals surface area (Å²) in [5.41, 5.74) is 10.6. The molecule has 2 rings (SSSR count). The minimum Gasteiger partial charge on any atom is -0.399 e. The first-order chi connectivity index (χ1) is 9.54. The number of hydrogen-bond acceptors (Lipinski definition) is 4. The number of amides is 1. The number of nitrogens with one attached hydrogen (secondary N) is 1. The number of nitrogen functional groups attached to an aromatic ring is 1. The predicted octanol–water partition coefficient (Wildman–Crippen LogP) is 1.04. The van der Waals surface area contributed by atoms with Crippen LogP contribution in [0.15, 0.2) is 24.3 Å². The van der Waals surface area contributed by atoms with Crippen molar-refractivity contribution in [1.29, 1.82) is 0 Å². The van der Waals surface area contributed by atoms with Crippen LogP contribution in [0.1, 0.15) is 24.8 Å². The van der Waals surface area contributed by atoms with Crippen LogP contribution < -0.4 is 11.2 Å². The number of hydrogen-bond donors (Lipinski definition) is 2. The van der Waals surface area contributed by atoms with E-state index in [1.807, 2.05) is 29.3 Å². The molecule has 1 aromatic rings. The molecule has 110 valence electrons. The first-order valence-corrected chi connectivity index (χ1v) is 7.13. The third-order valence-electron chi connectivity index (χ3n) is 3.78. The normalized spacial score (nSPS) is 18.7. The van der Waals surface area contributed by atoms with Crippen molar-refractivity contribution in [3.8, 4) is 0 Å². The van der Waals surface area contributed by atoms with Gasteiger partial charge in [0.15, 0.2) is 0 Å². The van der Waals surface area contributed by atoms with Gasteiger partial charge < -0.3 is 10.6 Å². The van der Waals surface area contributed by atoms with Gasteiger partial charge in [-0.3, -0.25) is 10.2 Å². The lowest BCUT2D eigenvalue weighted by atomic mass is 9.97. The van der Waals surface area contributed by atoms with E-state index in [-0.39, 0.29) is 11.8 Å². The summed E-state index contributed by atoms with van der Waals surface area (Å²) >= 11 is 0. The van der Waals surface area contributed by atoms with Crippen LogP contribution in [0.2, 0.25) is 0 Å². The van der Waals surface area contributed by atoms with E-state index in [1.165, 1.54) is 0 Å². The maximum absolute atomic E-state index is 12.1. The lowest BCUT2D eigenvalue weighted by Crippen LogP contribution is -2.52. The fourth-order valence-electron chi connectivity index (χ4n) is 2.36. The second-order valence-corrected chi connectivity index (χ2v) is 5.60. The van der Waals surface area contributed by atoms with Crippen LogP contribution in [0.5, 0.6) is 0 Å². The molecule has 5 nitrogen and oxygen atoms in total. The molecule has 0 aliphatic carbocycles. The Morgan fingerprint density at radius 3 is 2.45 bits per heavy atom. The van der Waals surface area contributed by atoms with Crippen molar-refractivity contribution in [2.75, 3.05) is 39.0 Å². The van der Waals surface area contributed by atoms with Crippen LogP contribution in [0, 0.1) is 0 Å². The number of nitrogens with zero attached hydrogens (tertiary/aromatic N) is 2. The monoisotopic (exact) mass is 276 g/mol. The van der Waals surface area contributed by atoms with E-state index in [4.69, 9.17) is 5.73 Å². The highest BCUT2D eigenvalue weighted by Gasteiger charge is 2.17. The molecule has 1 amide bonds. The average Bonchev–Trinajstić information content (AvgIpc) is 2.42. The number of carbonyl (C=O) groups is 1. The number of piperazine rings is 1. The van der Waals surface area contributed by atoms with Gasteiger partial charge in [0.25, 0.3) is 0 Å². The summed E-state index contributed by atoms with van der Waals surface area (Å²) in [6.45, 7) is 5.83. The Morgan fingerprint density at radius 1 is 1.25 bits per heavy atom. The molecule has 1 fully saturated rings. The van der Waals surface area contributed by atoms with E-state index in [9.17, 15) is 4.79 Å². The molecular weight excluding hydrogens is 252 g/mol. The predicted molar refractivity (Wildman–Crippen MR) is 81.1 cm³/mol. The highest BCUT2D eigenvalue weighted by Crippen LogP contribution is 2.20. The maximum atomic E-state index is 12.1. The van der Waals surface area contributed by atoms with Gasteiger partial charge in [-0.2, -0.15) is 0 Å². The molecule has 1 aliphatic heterocycles. The average molecular weight is 276 g/mol. The molecule has 1 aromatic carbocycles. The number of hydrazine groups is 1. The number of nitrogens with two attached hydrogens (primary N) is 1. The van der Waals surface area contributed by atoms with Crippen LogP contribution >= 0.6 is 0 Å². The van der Waals surface area contributed by atoms with Gasteiger partial charge in [-0.15, -0.1) is 0 Å². The second-order valence-electron chi connectivity index (χ2n) is 5.60. The van der Waals surface area contributed by atoms with Gasteiger partial charge in [-0.05, 0) is 30.7 Å². The van der Waals surface area contributed by atoms with Crippen molar-refractivity contribution in [3.63, 3.8) is 0 Å². The molecule has 0 radical (unpaired) electrons. The zero-order chi connectivity index (χ0) is 14.5. The molecular formula is C15H24N4O. The fraction of sp³-hybridized carbons (Fsp3) is 0.533. The zero-order valence-corrected chi connectivity index (χ0v) is 12.3. The van der Waals surface area contributed by atoms with Gasteiger partial charge in [-0.25, -0.2) is 5.01 Å². The molecule has 1 heterocycles. The first kappa shape index (κ1) is 14.8. The van der Waals surface area contributed by atoms with Crippen molar-refractivity contribution in [3.05, 3.63) is 29.8 Å². The molecule has 5 heteroatoms. The number of anilines is 1. The molecule has 0 aromatic heterocycles. The highest BCUT2D eigenvalue weighted by molar-refractivity contribution is 5.76. The van der Waals surface area contributed by atoms with Crippen LogP contribution in [-0.2, 0) is 4.79 Å². The number of likely N-dealkylation sites (N-methyl/N-ethyl adjacent to an activating group) is 1. The SMILES string of the molecule is CC(CC(=O)NN1CCN(C)CC1)c1ccc(N)cc1. The summed E-state index contributed by atoms with van der Waals surface area (Å²) in [4.78, 5) is 14.3. The van der Waals surface area contributed by atoms with Crippen molar-refractivity contribution in [1.82, 2.24) is 15.3 Å². The van der Waals surface area contributed by atoms with Crippen molar-refractivity contribution < 1.29 is 4.79 Å². The molecule has 20 heavy (non-hydrogen) atoms. The Labute approximate surface area is 120 Å². The van der Waals surface area contributed by atoms with E-state index in [0.717, 1.165) is 37.4 Å². The Balaban J connectivity index is 1.80. The molecule has 0 saturated carbocycles. The number of benzene rings is 1. The van der Waals surface area contributed by atoms with Crippen molar-refractivity contribution >= 4 is 11.6 Å². The third kappa shape index (κ3) is 4.21. The van der Waals surface area contributed by atoms with E-state index >= 15 is 0 Å². The smallest absolute Gasteiger partial charge is 0.234 e. The Hall–Kier alpha value is -1.59. The van der Waals surface area contributed by atoms with Crippen LogP contribution in [0.3, 0.4) is 0 Å². The van der Waals surface area contributed by atoms with Gasteiger partial charge in [0.05, 0.1) is 0 Å². The van der Waals surface area contributed by atoms with E-state index in [0.29, 0.717) is 6.42 Å². The Bertz CT molecular complexity index is 438. The molecule has 0 bridgehead atoms. The van der Waals surface area contributed by atoms with Crippen LogP contribution in [-0.4, -0.2) is 49.0 Å². The van der Waals surface area contributed by atoms with Crippen LogP contribution in [0.25, 0.3) is 0 Å². The highest BCUT2D eigenvalue weighted by atomic mass is 16.2. The minimum atomic E-state index is 0.0823. The van der Waals surface area contributed by atoms with Crippen LogP contribution in [0.4, 0.5) is 5.69 Å². The lowest BCUT2D eigenvalue weighted by Gasteiger charge is -2.32. The molecule has 0 spiro atoms. The molecule has 1 atom stereocenters. The maximum Gasteiger partial charge on any atom is 0.234 e. The van der Waals surface area contributed by atoms with Gasteiger partial charge in [0.1, 0.15) is 0 Å². The number of rotatable bonds is 4. The summed E-state index contributed by atoms with van der Waals surface area (Å²) in [6, 6.07) is 7.74. The molecule has 3 N–H and O–H groups in total. The summed E-state index contributed by atoms with van der Waals surface area (Å²) in [6.07, 6.45) is 0.496. The fourth-order valence-corrected chi connectivity index (χ4v) is 2.36. The van der Waals surface area contributed by atoms with Crippen molar-refractivity contribution in [2.24, 2.45) is 0 Å². The lowest BCUT2D eigenvalue weighted by molar-refractivity contribution is -0.127. The van der Waals surface area contributed by atoms with E-state index in [2.05, 4.69) is 24.3 Å². The van der Waals surface area contributed by atoms with E-state index in [1.54, 1.807) is 0 Å². The molecule has 1 aliphatic rings. The van der Waals surface area contributed by atoms with Gasteiger partial charge in [0.2, 0.25) is 5.91 Å². The molecule has 1 saturated heterocycles. The second kappa shape index (κ2) is 6.72. The largest absolute Gasteiger partial charge is 0.399 e. The van der Waals surface area contributed by atoms with Crippen molar-refractivity contribution in [2.45, 2.75) is 19.3 Å².